The molecule has 1 amide bonds. The van der Waals surface area contributed by atoms with Crippen LogP contribution in [0.3, 0.4) is 0 Å². The lowest BCUT2D eigenvalue weighted by atomic mass is 9.97. The average Bonchev–Trinajstić information content (AvgIpc) is 3.15. The molecule has 0 aliphatic carbocycles. The first-order valence-electron chi connectivity index (χ1n) is 8.56. The molecule has 1 saturated heterocycles. The molecular weight excluding hydrogens is 355 g/mol. The van der Waals surface area contributed by atoms with Crippen molar-refractivity contribution in [2.75, 3.05) is 19.6 Å². The van der Waals surface area contributed by atoms with Crippen LogP contribution >= 0.6 is 11.3 Å². The van der Waals surface area contributed by atoms with E-state index in [1.165, 1.54) is 23.5 Å². The molecule has 1 fully saturated rings. The Kier molecular flexibility index (Phi) is 6.00. The topological polar surface area (TPSA) is 69.6 Å². The smallest absolute Gasteiger partial charge is 0.306 e. The highest BCUT2D eigenvalue weighted by molar-refractivity contribution is 7.10. The fraction of sp³-hybridized carbons (Fsp3) is 0.368. The van der Waals surface area contributed by atoms with Gasteiger partial charge in [0.25, 0.3) is 0 Å². The monoisotopic (exact) mass is 376 g/mol. The van der Waals surface area contributed by atoms with Crippen LogP contribution in [0.2, 0.25) is 0 Å². The normalized spacial score (nSPS) is 17.0. The maximum absolute atomic E-state index is 13.2. The van der Waals surface area contributed by atoms with Gasteiger partial charge in [-0.1, -0.05) is 18.2 Å². The molecule has 138 valence electrons. The highest BCUT2D eigenvalue weighted by Crippen LogP contribution is 2.26. The molecule has 1 unspecified atom stereocenters. The molecule has 0 bridgehead atoms. The molecule has 1 atom stereocenters. The van der Waals surface area contributed by atoms with Crippen molar-refractivity contribution < 1.29 is 19.1 Å². The van der Waals surface area contributed by atoms with Crippen LogP contribution < -0.4 is 5.32 Å². The van der Waals surface area contributed by atoms with Gasteiger partial charge in [0.2, 0.25) is 5.91 Å². The number of amides is 1. The van der Waals surface area contributed by atoms with E-state index in [1.807, 2.05) is 22.4 Å². The Hall–Kier alpha value is -2.25. The molecule has 1 aliphatic rings. The Morgan fingerprint density at radius 3 is 2.50 bits per heavy atom. The van der Waals surface area contributed by atoms with Crippen molar-refractivity contribution >= 4 is 23.2 Å². The number of carbonyl (C=O) groups is 2. The minimum Gasteiger partial charge on any atom is -0.481 e. The van der Waals surface area contributed by atoms with Crippen molar-refractivity contribution in [3.05, 3.63) is 58.0 Å². The van der Waals surface area contributed by atoms with Crippen LogP contribution in [0.4, 0.5) is 4.39 Å². The molecule has 1 aromatic heterocycles. The fourth-order valence-corrected chi connectivity index (χ4v) is 3.98. The number of likely N-dealkylation sites (tertiary alicyclic amines) is 1. The van der Waals surface area contributed by atoms with Gasteiger partial charge in [-0.25, -0.2) is 4.39 Å². The van der Waals surface area contributed by atoms with Gasteiger partial charge in [-0.2, -0.15) is 0 Å². The van der Waals surface area contributed by atoms with Crippen molar-refractivity contribution in [3.8, 4) is 0 Å². The Morgan fingerprint density at radius 2 is 1.92 bits per heavy atom. The third kappa shape index (κ3) is 4.68. The van der Waals surface area contributed by atoms with Crippen LogP contribution in [0.15, 0.2) is 41.8 Å². The van der Waals surface area contributed by atoms with E-state index in [0.29, 0.717) is 25.9 Å². The standard InChI is InChI=1S/C19H21FN2O3S/c20-15-5-3-13(4-6-15)18(16-2-1-11-26-16)21-17(23)12-22-9-7-14(8-10-22)19(24)25/h1-6,11,14,18H,7-10,12H2,(H,21,23)(H,24,25). The first kappa shape index (κ1) is 18.5. The summed E-state index contributed by atoms with van der Waals surface area (Å²) < 4.78 is 13.2. The lowest BCUT2D eigenvalue weighted by Gasteiger charge is -2.30. The number of carboxylic acid groups (broad SMARTS) is 1. The second kappa shape index (κ2) is 8.42. The number of aliphatic carboxylic acids is 1. The van der Waals surface area contributed by atoms with Crippen LogP contribution in [-0.4, -0.2) is 41.5 Å². The third-order valence-corrected chi connectivity index (χ3v) is 5.58. The number of piperidine rings is 1. The molecule has 1 aliphatic heterocycles. The lowest BCUT2D eigenvalue weighted by molar-refractivity contribution is -0.143. The molecule has 2 N–H and O–H groups in total. The Labute approximate surface area is 155 Å². The zero-order valence-corrected chi connectivity index (χ0v) is 15.0. The predicted molar refractivity (Wildman–Crippen MR) is 97.5 cm³/mol. The predicted octanol–water partition coefficient (Wildman–Crippen LogP) is 2.89. The van der Waals surface area contributed by atoms with Crippen LogP contribution in [-0.2, 0) is 9.59 Å². The second-order valence-corrected chi connectivity index (χ2v) is 7.44. The SMILES string of the molecule is O=C(CN1CCC(C(=O)O)CC1)NC(c1ccc(F)cc1)c1cccs1. The van der Waals surface area contributed by atoms with E-state index >= 15 is 0 Å². The number of halogens is 1. The summed E-state index contributed by atoms with van der Waals surface area (Å²) in [5, 5.41) is 14.0. The quantitative estimate of drug-likeness (QED) is 0.813. The van der Waals surface area contributed by atoms with Crippen molar-refractivity contribution in [1.82, 2.24) is 10.2 Å². The number of nitrogens with one attached hydrogen (secondary N) is 1. The van der Waals surface area contributed by atoms with Gasteiger partial charge in [0.1, 0.15) is 5.82 Å². The van der Waals surface area contributed by atoms with E-state index < -0.39 is 5.97 Å². The van der Waals surface area contributed by atoms with Gasteiger partial charge in [0.05, 0.1) is 18.5 Å². The summed E-state index contributed by atoms with van der Waals surface area (Å²) in [7, 11) is 0. The van der Waals surface area contributed by atoms with Gasteiger partial charge in [-0.05, 0) is 55.1 Å². The Balaban J connectivity index is 1.63. The minimum atomic E-state index is -0.761. The summed E-state index contributed by atoms with van der Waals surface area (Å²) in [5.41, 5.74) is 0.826. The second-order valence-electron chi connectivity index (χ2n) is 6.46. The number of rotatable bonds is 6. The number of carbonyl (C=O) groups excluding carboxylic acids is 1. The van der Waals surface area contributed by atoms with Crippen molar-refractivity contribution in [2.24, 2.45) is 5.92 Å². The van der Waals surface area contributed by atoms with Crippen LogP contribution in [0.5, 0.6) is 0 Å². The van der Waals surface area contributed by atoms with E-state index in [-0.39, 0.29) is 30.2 Å². The Morgan fingerprint density at radius 1 is 1.23 bits per heavy atom. The maximum Gasteiger partial charge on any atom is 0.306 e. The maximum atomic E-state index is 13.2. The zero-order chi connectivity index (χ0) is 18.5. The average molecular weight is 376 g/mol. The van der Waals surface area contributed by atoms with E-state index in [2.05, 4.69) is 5.32 Å². The number of thiophene rings is 1. The molecule has 0 spiro atoms. The molecule has 26 heavy (non-hydrogen) atoms. The first-order valence-corrected chi connectivity index (χ1v) is 9.44. The highest BCUT2D eigenvalue weighted by atomic mass is 32.1. The van der Waals surface area contributed by atoms with E-state index in [1.54, 1.807) is 12.1 Å². The van der Waals surface area contributed by atoms with Gasteiger partial charge < -0.3 is 10.4 Å². The van der Waals surface area contributed by atoms with Gasteiger partial charge >= 0.3 is 5.97 Å². The van der Waals surface area contributed by atoms with Crippen molar-refractivity contribution in [1.29, 1.82) is 0 Å². The van der Waals surface area contributed by atoms with E-state index in [4.69, 9.17) is 5.11 Å². The molecule has 0 radical (unpaired) electrons. The number of nitrogens with zero attached hydrogens (tertiary/aromatic N) is 1. The molecule has 7 heteroatoms. The van der Waals surface area contributed by atoms with Crippen LogP contribution in [0.1, 0.15) is 29.3 Å². The summed E-state index contributed by atoms with van der Waals surface area (Å²) >= 11 is 1.53. The van der Waals surface area contributed by atoms with Gasteiger partial charge in [0, 0.05) is 4.88 Å². The molecule has 2 heterocycles. The number of carboxylic acids is 1. The van der Waals surface area contributed by atoms with Gasteiger partial charge in [0.15, 0.2) is 0 Å². The number of benzene rings is 1. The summed E-state index contributed by atoms with van der Waals surface area (Å²) in [6.45, 7) is 1.44. The largest absolute Gasteiger partial charge is 0.481 e. The van der Waals surface area contributed by atoms with E-state index in [0.717, 1.165) is 10.4 Å². The fourth-order valence-electron chi connectivity index (χ4n) is 3.18. The molecule has 2 aromatic rings. The molecular formula is C19H21FN2O3S. The number of hydrogen-bond acceptors (Lipinski definition) is 4. The highest BCUT2D eigenvalue weighted by Gasteiger charge is 2.26. The van der Waals surface area contributed by atoms with Crippen molar-refractivity contribution in [2.45, 2.75) is 18.9 Å². The molecule has 3 rings (SSSR count). The van der Waals surface area contributed by atoms with Crippen LogP contribution in [0.25, 0.3) is 0 Å². The molecule has 1 aromatic carbocycles. The third-order valence-electron chi connectivity index (χ3n) is 4.64. The lowest BCUT2D eigenvalue weighted by Crippen LogP contribution is -2.43. The summed E-state index contributed by atoms with van der Waals surface area (Å²) in [5.74, 6) is -1.51. The molecule has 5 nitrogen and oxygen atoms in total. The number of hydrogen-bond donors (Lipinski definition) is 2. The van der Waals surface area contributed by atoms with Crippen molar-refractivity contribution in [3.63, 3.8) is 0 Å². The summed E-state index contributed by atoms with van der Waals surface area (Å²) in [4.78, 5) is 26.5. The zero-order valence-electron chi connectivity index (χ0n) is 14.2. The van der Waals surface area contributed by atoms with Gasteiger partial charge in [-0.15, -0.1) is 11.3 Å². The van der Waals surface area contributed by atoms with Crippen LogP contribution in [0, 0.1) is 11.7 Å². The summed E-state index contributed by atoms with van der Waals surface area (Å²) in [6.07, 6.45) is 1.13. The van der Waals surface area contributed by atoms with Gasteiger partial charge in [-0.3, -0.25) is 14.5 Å². The minimum absolute atomic E-state index is 0.124. The molecule has 0 saturated carbocycles. The summed E-state index contributed by atoms with van der Waals surface area (Å²) in [6, 6.07) is 9.67. The Bertz CT molecular complexity index is 741. The van der Waals surface area contributed by atoms with E-state index in [9.17, 15) is 14.0 Å². The first-order chi connectivity index (χ1) is 12.5.